The van der Waals surface area contributed by atoms with E-state index in [9.17, 15) is 9.59 Å². The summed E-state index contributed by atoms with van der Waals surface area (Å²) in [5.41, 5.74) is 1.36. The van der Waals surface area contributed by atoms with Gasteiger partial charge >= 0.3 is 6.09 Å². The molecule has 2 N–H and O–H groups in total. The number of methoxy groups -OCH3 is 2. The van der Waals surface area contributed by atoms with Crippen molar-refractivity contribution in [3.05, 3.63) is 40.5 Å². The van der Waals surface area contributed by atoms with Gasteiger partial charge in [0, 0.05) is 43.2 Å². The molecule has 3 aromatic rings. The van der Waals surface area contributed by atoms with Gasteiger partial charge in [0.15, 0.2) is 0 Å². The number of hydrogen-bond acceptors (Lipinski definition) is 8. The van der Waals surface area contributed by atoms with Crippen LogP contribution in [0.2, 0.25) is 10.0 Å². The minimum absolute atomic E-state index is 0.00347. The van der Waals surface area contributed by atoms with Crippen molar-refractivity contribution in [1.82, 2.24) is 20.2 Å². The van der Waals surface area contributed by atoms with Gasteiger partial charge in [-0.3, -0.25) is 4.79 Å². The third kappa shape index (κ3) is 6.87. The lowest BCUT2D eigenvalue weighted by Crippen LogP contribution is -2.45. The number of carbonyl (C=O) groups excluding carboxylic acids is 2. The molecule has 1 heterocycles. The number of nitrogens with zero attached hydrogens (tertiary/aromatic N) is 3. The van der Waals surface area contributed by atoms with E-state index in [1.807, 2.05) is 18.2 Å². The van der Waals surface area contributed by atoms with Gasteiger partial charge in [-0.15, -0.1) is 0 Å². The Labute approximate surface area is 249 Å². The fourth-order valence-corrected chi connectivity index (χ4v) is 5.66. The normalized spacial score (nSPS) is 18.6. The third-order valence-electron chi connectivity index (χ3n) is 6.81. The largest absolute Gasteiger partial charge is 0.495 e. The minimum atomic E-state index is -0.644. The van der Waals surface area contributed by atoms with Gasteiger partial charge in [-0.2, -0.15) is 0 Å². The number of nitrogens with one attached hydrogen (secondary N) is 2. The molecule has 0 saturated heterocycles. The van der Waals surface area contributed by atoms with E-state index < -0.39 is 11.7 Å². The molecule has 3 atom stereocenters. The fraction of sp³-hybridized carbons (Fsp3) is 0.448. The van der Waals surface area contributed by atoms with E-state index in [0.29, 0.717) is 51.4 Å². The van der Waals surface area contributed by atoms with E-state index in [-0.39, 0.29) is 23.9 Å². The van der Waals surface area contributed by atoms with Crippen molar-refractivity contribution < 1.29 is 23.8 Å². The molecule has 220 valence electrons. The van der Waals surface area contributed by atoms with Gasteiger partial charge in [-0.25, -0.2) is 14.8 Å². The Kier molecular flexibility index (Phi) is 9.03. The van der Waals surface area contributed by atoms with Crippen molar-refractivity contribution in [2.45, 2.75) is 51.3 Å². The van der Waals surface area contributed by atoms with Gasteiger partial charge in [-0.1, -0.05) is 29.3 Å². The summed E-state index contributed by atoms with van der Waals surface area (Å²) >= 11 is 13.2. The maximum atomic E-state index is 12.7. The molecular weight excluding hydrogens is 569 g/mol. The van der Waals surface area contributed by atoms with Crippen LogP contribution in [-0.4, -0.2) is 72.9 Å². The molecule has 0 radical (unpaired) electrons. The van der Waals surface area contributed by atoms with Gasteiger partial charge in [-0.05, 0) is 51.3 Å². The molecule has 1 unspecified atom stereocenters. The monoisotopic (exact) mass is 603 g/mol. The molecule has 1 aliphatic carbocycles. The van der Waals surface area contributed by atoms with E-state index >= 15 is 0 Å². The summed E-state index contributed by atoms with van der Waals surface area (Å²) in [6.45, 7) is 5.41. The van der Waals surface area contributed by atoms with Crippen LogP contribution in [0, 0.1) is 5.92 Å². The maximum absolute atomic E-state index is 12.7. The van der Waals surface area contributed by atoms with Crippen LogP contribution >= 0.6 is 23.2 Å². The lowest BCUT2D eigenvalue weighted by molar-refractivity contribution is -0.132. The van der Waals surface area contributed by atoms with Gasteiger partial charge in [0.1, 0.15) is 17.1 Å². The summed E-state index contributed by atoms with van der Waals surface area (Å²) in [4.78, 5) is 36.1. The van der Waals surface area contributed by atoms with Crippen molar-refractivity contribution in [1.29, 1.82) is 0 Å². The number of benzene rings is 2. The molecule has 0 spiro atoms. The number of halogens is 2. The van der Waals surface area contributed by atoms with E-state index in [1.165, 1.54) is 14.2 Å². The Morgan fingerprint density at radius 2 is 1.63 bits per heavy atom. The molecule has 1 aliphatic rings. The number of rotatable bonds is 7. The number of hydrogen-bond donors (Lipinski definition) is 2. The number of fused-ring (bicyclic) bond motifs is 1. The van der Waals surface area contributed by atoms with E-state index in [1.54, 1.807) is 52.0 Å². The second-order valence-corrected chi connectivity index (χ2v) is 11.9. The van der Waals surface area contributed by atoms with Gasteiger partial charge in [0.2, 0.25) is 11.9 Å². The van der Waals surface area contributed by atoms with Crippen molar-refractivity contribution in [2.75, 3.05) is 33.6 Å². The number of carbonyl (C=O) groups is 2. The molecule has 2 amide bonds. The summed E-state index contributed by atoms with van der Waals surface area (Å²) in [6, 6.07) is 6.60. The summed E-state index contributed by atoms with van der Waals surface area (Å²) in [7, 11) is 6.50. The van der Waals surface area contributed by atoms with E-state index in [2.05, 4.69) is 20.6 Å². The summed E-state index contributed by atoms with van der Waals surface area (Å²) in [6.07, 6.45) is 2.13. The molecule has 2 aromatic carbocycles. The number of alkyl carbamates (subject to hydrolysis) is 1. The first-order valence-electron chi connectivity index (χ1n) is 13.2. The predicted octanol–water partition coefficient (Wildman–Crippen LogP) is 5.79. The van der Waals surface area contributed by atoms with Crippen LogP contribution in [0.3, 0.4) is 0 Å². The molecule has 10 nitrogen and oxygen atoms in total. The topological polar surface area (TPSA) is 115 Å². The summed E-state index contributed by atoms with van der Waals surface area (Å²) in [5.74, 6) is 0.999. The molecule has 4 rings (SSSR count). The lowest BCUT2D eigenvalue weighted by Gasteiger charge is -2.25. The second kappa shape index (κ2) is 12.2. The maximum Gasteiger partial charge on any atom is 0.407 e. The quantitative estimate of drug-likeness (QED) is 0.348. The Morgan fingerprint density at radius 1 is 1.00 bits per heavy atom. The summed E-state index contributed by atoms with van der Waals surface area (Å²) < 4.78 is 16.3. The first-order chi connectivity index (χ1) is 19.3. The van der Waals surface area contributed by atoms with Crippen LogP contribution in [0.15, 0.2) is 30.5 Å². The molecule has 0 bridgehead atoms. The SMILES string of the molecule is COc1cc(OC)c(Cl)c(-c2ccc3nc(NC4C[C@@H](C(=O)N(C)C)C[C@@H]4NC(=O)OC(C)(C)C)ncc3c2)c1Cl. The highest BCUT2D eigenvalue weighted by Crippen LogP contribution is 2.46. The van der Waals surface area contributed by atoms with Crippen molar-refractivity contribution in [3.8, 4) is 22.6 Å². The fourth-order valence-electron chi connectivity index (χ4n) is 4.95. The predicted molar refractivity (Wildman–Crippen MR) is 160 cm³/mol. The number of amides is 2. The van der Waals surface area contributed by atoms with Crippen molar-refractivity contribution in [2.24, 2.45) is 5.92 Å². The molecule has 1 saturated carbocycles. The third-order valence-corrected chi connectivity index (χ3v) is 7.56. The van der Waals surface area contributed by atoms with Crippen LogP contribution in [0.5, 0.6) is 11.5 Å². The van der Waals surface area contributed by atoms with Crippen LogP contribution in [0.1, 0.15) is 33.6 Å². The Bertz CT molecular complexity index is 1430. The minimum Gasteiger partial charge on any atom is -0.495 e. The molecule has 1 aromatic heterocycles. The van der Waals surface area contributed by atoms with Crippen LogP contribution in [0.25, 0.3) is 22.0 Å². The Hall–Kier alpha value is -3.50. The van der Waals surface area contributed by atoms with Crippen LogP contribution < -0.4 is 20.1 Å². The van der Waals surface area contributed by atoms with Gasteiger partial charge < -0.3 is 29.7 Å². The zero-order chi connectivity index (χ0) is 30.1. The number of anilines is 1. The molecule has 0 aliphatic heterocycles. The average Bonchev–Trinajstić information content (AvgIpc) is 3.28. The zero-order valence-electron chi connectivity index (χ0n) is 24.2. The molecule has 41 heavy (non-hydrogen) atoms. The first-order valence-corrected chi connectivity index (χ1v) is 13.9. The smallest absolute Gasteiger partial charge is 0.407 e. The van der Waals surface area contributed by atoms with Gasteiger partial charge in [0.05, 0.1) is 41.9 Å². The average molecular weight is 605 g/mol. The molecule has 1 fully saturated rings. The second-order valence-electron chi connectivity index (χ2n) is 11.2. The highest BCUT2D eigenvalue weighted by atomic mass is 35.5. The molecular formula is C29H35Cl2N5O5. The Morgan fingerprint density at radius 3 is 2.22 bits per heavy atom. The summed E-state index contributed by atoms with van der Waals surface area (Å²) in [5, 5.41) is 7.75. The number of ether oxygens (including phenoxy) is 3. The van der Waals surface area contributed by atoms with Crippen LogP contribution in [-0.2, 0) is 9.53 Å². The zero-order valence-corrected chi connectivity index (χ0v) is 25.7. The van der Waals surface area contributed by atoms with E-state index in [4.69, 9.17) is 37.4 Å². The molecule has 12 heteroatoms. The van der Waals surface area contributed by atoms with Crippen molar-refractivity contribution in [3.63, 3.8) is 0 Å². The highest BCUT2D eigenvalue weighted by molar-refractivity contribution is 6.41. The van der Waals surface area contributed by atoms with Gasteiger partial charge in [0.25, 0.3) is 0 Å². The van der Waals surface area contributed by atoms with Crippen molar-refractivity contribution >= 4 is 52.1 Å². The highest BCUT2D eigenvalue weighted by Gasteiger charge is 2.40. The Balaban J connectivity index is 1.60. The first kappa shape index (κ1) is 30.5. The number of aromatic nitrogens is 2. The lowest BCUT2D eigenvalue weighted by atomic mass is 10.0. The van der Waals surface area contributed by atoms with Crippen LogP contribution in [0.4, 0.5) is 10.7 Å². The van der Waals surface area contributed by atoms with E-state index in [0.717, 1.165) is 10.9 Å². The standard InChI is InChI=1S/C29H35Cl2N5O5/c1-29(2,3)41-28(38)35-20-12-16(26(37)36(4)5)11-19(20)34-27-32-14-17-10-15(8-9-18(17)33-27)23-24(30)21(39-6)13-22(40-7)25(23)31/h8-10,13-14,16,19-20H,11-12H2,1-7H3,(H,35,38)(H,32,33,34)/t16-,19?,20+/m1/s1.